The third kappa shape index (κ3) is 2.64. The molecule has 1 spiro atoms. The van der Waals surface area contributed by atoms with Gasteiger partial charge in [0.25, 0.3) is 0 Å². The minimum Gasteiger partial charge on any atom is -0.354 e. The Balaban J connectivity index is 1.35. The van der Waals surface area contributed by atoms with E-state index < -0.39 is 50.5 Å². The number of aryl methyl sites for hydroxylation is 1. The molecular weight excluding hydrogens is 524 g/mol. The normalized spacial score (nSPS) is 32.0. The molecule has 4 atom stereocenters. The molecule has 3 aromatic rings. The molecule has 0 amide bonds. The highest BCUT2D eigenvalue weighted by Crippen LogP contribution is 2.68. The molecule has 0 saturated carbocycles. The summed E-state index contributed by atoms with van der Waals surface area (Å²) in [6.07, 6.45) is 1.26. The highest BCUT2D eigenvalue weighted by atomic mass is 32.2. The van der Waals surface area contributed by atoms with Crippen LogP contribution in [0.2, 0.25) is 0 Å². The van der Waals surface area contributed by atoms with Crippen LogP contribution in [0.1, 0.15) is 18.5 Å². The van der Waals surface area contributed by atoms with E-state index in [2.05, 4.69) is 0 Å². The molecule has 3 saturated heterocycles. The van der Waals surface area contributed by atoms with E-state index >= 15 is 0 Å². The first-order valence-electron chi connectivity index (χ1n) is 12.9. The Labute approximate surface area is 223 Å². The van der Waals surface area contributed by atoms with E-state index in [-0.39, 0.29) is 18.0 Å². The molecule has 2 aromatic carbocycles. The number of rotatable bonds is 4. The van der Waals surface area contributed by atoms with Crippen molar-refractivity contribution in [3.05, 3.63) is 92.8 Å². The van der Waals surface area contributed by atoms with Gasteiger partial charge in [-0.15, -0.1) is 0 Å². The maximum Gasteiger partial charge on any atom is 0.352 e. The molecule has 12 heteroatoms. The van der Waals surface area contributed by atoms with Gasteiger partial charge >= 0.3 is 11.4 Å². The standard InChI is InChI=1S/C27H26N4O7S/c1-17-8-10-20(11-9-17)39(34,35)28-15-18-14-21-27(25(2)36-12-13-37-25)22(38-27)26(18,16-28)31-24(33)29(23(32)30(21)31)19-6-4-3-5-7-19/h3-11,14,21-22H,12-13,15-16H2,1-2H3/t21-,22?,26+,27?/m0/s1. The summed E-state index contributed by atoms with van der Waals surface area (Å²) in [5.74, 6) is -1.17. The van der Waals surface area contributed by atoms with Crippen LogP contribution in [0.5, 0.6) is 0 Å². The molecular formula is C27H26N4O7S. The first kappa shape index (κ1) is 23.6. The smallest absolute Gasteiger partial charge is 0.352 e. The number of ether oxygens (including phenoxy) is 3. The van der Waals surface area contributed by atoms with Gasteiger partial charge in [0.1, 0.15) is 17.7 Å². The van der Waals surface area contributed by atoms with Crippen LogP contribution in [0.4, 0.5) is 0 Å². The monoisotopic (exact) mass is 550 g/mol. The summed E-state index contributed by atoms with van der Waals surface area (Å²) >= 11 is 0. The van der Waals surface area contributed by atoms with Crippen LogP contribution < -0.4 is 11.4 Å². The van der Waals surface area contributed by atoms with Crippen molar-refractivity contribution in [3.8, 4) is 5.69 Å². The Hall–Kier alpha value is -3.29. The molecule has 2 unspecified atom stereocenters. The van der Waals surface area contributed by atoms with Gasteiger partial charge < -0.3 is 14.2 Å². The van der Waals surface area contributed by atoms with Crippen LogP contribution >= 0.6 is 0 Å². The molecule has 11 nitrogen and oxygen atoms in total. The highest BCUT2D eigenvalue weighted by Gasteiger charge is 2.86. The second-order valence-corrected chi connectivity index (χ2v) is 12.9. The molecule has 1 aromatic heterocycles. The van der Waals surface area contributed by atoms with Crippen molar-refractivity contribution in [2.24, 2.45) is 0 Å². The molecule has 2 bridgehead atoms. The van der Waals surface area contributed by atoms with Gasteiger partial charge in [0.05, 0.1) is 23.8 Å². The zero-order valence-corrected chi connectivity index (χ0v) is 22.1. The van der Waals surface area contributed by atoms with E-state index in [0.717, 1.165) is 15.7 Å². The molecule has 1 aliphatic carbocycles. The number of benzene rings is 2. The molecule has 0 N–H and O–H groups in total. The Bertz CT molecular complexity index is 1800. The van der Waals surface area contributed by atoms with Gasteiger partial charge in [0, 0.05) is 13.1 Å². The third-order valence-electron chi connectivity index (χ3n) is 9.04. The zero-order valence-electron chi connectivity index (χ0n) is 21.3. The first-order valence-corrected chi connectivity index (χ1v) is 14.4. The van der Waals surface area contributed by atoms with Gasteiger partial charge in [-0.25, -0.2) is 31.9 Å². The van der Waals surface area contributed by atoms with Gasteiger partial charge in [-0.3, -0.25) is 0 Å². The molecule has 6 aliphatic rings. The fourth-order valence-electron chi connectivity index (χ4n) is 7.16. The van der Waals surface area contributed by atoms with Crippen molar-refractivity contribution in [2.75, 3.05) is 26.3 Å². The van der Waals surface area contributed by atoms with Crippen LogP contribution in [0, 0.1) is 6.92 Å². The van der Waals surface area contributed by atoms with Gasteiger partial charge in [0.2, 0.25) is 10.0 Å². The Kier molecular flexibility index (Phi) is 4.39. The first-order chi connectivity index (χ1) is 18.6. The predicted molar refractivity (Wildman–Crippen MR) is 137 cm³/mol. The van der Waals surface area contributed by atoms with Gasteiger partial charge in [-0.1, -0.05) is 42.0 Å². The van der Waals surface area contributed by atoms with E-state index in [1.165, 1.54) is 13.7 Å². The Morgan fingerprint density at radius 3 is 2.33 bits per heavy atom. The van der Waals surface area contributed by atoms with Gasteiger partial charge in [-0.05, 0) is 43.7 Å². The second-order valence-electron chi connectivity index (χ2n) is 11.0. The number of sulfonamides is 1. The largest absolute Gasteiger partial charge is 0.354 e. The summed E-state index contributed by atoms with van der Waals surface area (Å²) < 4.78 is 51.6. The SMILES string of the molecule is Cc1ccc(S(=O)(=O)N2CC3=C[C@@H]4n5c(=O)n(-c6ccccc6)c(=O)n5[C@@]3(C2)C2OC24C2(C)OCCO2)cc1. The quantitative estimate of drug-likeness (QED) is 0.350. The number of para-hydroxylation sites is 1. The number of nitrogens with zero attached hydrogens (tertiary/aromatic N) is 4. The fraction of sp³-hybridized carbons (Fsp3) is 0.407. The van der Waals surface area contributed by atoms with Crippen molar-refractivity contribution in [2.45, 2.75) is 47.8 Å². The van der Waals surface area contributed by atoms with Crippen LogP contribution in [-0.4, -0.2) is 70.4 Å². The van der Waals surface area contributed by atoms with Crippen LogP contribution in [0.3, 0.4) is 0 Å². The number of hydrogen-bond acceptors (Lipinski definition) is 7. The van der Waals surface area contributed by atoms with Crippen LogP contribution in [-0.2, 0) is 29.8 Å². The lowest BCUT2D eigenvalue weighted by molar-refractivity contribution is -0.202. The predicted octanol–water partition coefficient (Wildman–Crippen LogP) is 0.904. The number of hydrogen-bond donors (Lipinski definition) is 0. The average Bonchev–Trinajstić information content (AvgIpc) is 3.24. The maximum absolute atomic E-state index is 14.1. The van der Waals surface area contributed by atoms with Gasteiger partial charge in [0.15, 0.2) is 11.4 Å². The lowest BCUT2D eigenvalue weighted by Crippen LogP contribution is -2.66. The van der Waals surface area contributed by atoms with E-state index in [0.29, 0.717) is 18.9 Å². The fourth-order valence-corrected chi connectivity index (χ4v) is 8.62. The van der Waals surface area contributed by atoms with Crippen LogP contribution in [0.25, 0.3) is 5.69 Å². The second kappa shape index (κ2) is 7.26. The third-order valence-corrected chi connectivity index (χ3v) is 10.8. The number of epoxide rings is 1. The van der Waals surface area contributed by atoms with Crippen molar-refractivity contribution in [1.82, 2.24) is 18.2 Å². The van der Waals surface area contributed by atoms with E-state index in [1.807, 2.05) is 19.1 Å². The molecule has 0 radical (unpaired) electrons. The van der Waals surface area contributed by atoms with E-state index in [9.17, 15) is 18.0 Å². The topological polar surface area (TPSA) is 117 Å². The molecule has 5 aliphatic heterocycles. The Morgan fingerprint density at radius 2 is 1.64 bits per heavy atom. The van der Waals surface area contributed by atoms with Crippen molar-refractivity contribution >= 4 is 10.0 Å². The minimum absolute atomic E-state index is 0.0671. The molecule has 9 rings (SSSR count). The highest BCUT2D eigenvalue weighted by molar-refractivity contribution is 7.89. The van der Waals surface area contributed by atoms with Crippen molar-refractivity contribution < 1.29 is 22.6 Å². The molecule has 3 fully saturated rings. The summed E-state index contributed by atoms with van der Waals surface area (Å²) in [7, 11) is -3.91. The van der Waals surface area contributed by atoms with Crippen molar-refractivity contribution in [1.29, 1.82) is 0 Å². The molecule has 6 heterocycles. The lowest BCUT2D eigenvalue weighted by atomic mass is 9.69. The van der Waals surface area contributed by atoms with E-state index in [4.69, 9.17) is 14.2 Å². The number of aromatic nitrogens is 3. The molecule has 202 valence electrons. The van der Waals surface area contributed by atoms with Crippen molar-refractivity contribution in [3.63, 3.8) is 0 Å². The summed E-state index contributed by atoms with van der Waals surface area (Å²) in [5.41, 5.74) is -1.28. The zero-order chi connectivity index (χ0) is 26.9. The van der Waals surface area contributed by atoms with Crippen LogP contribution in [0.15, 0.2) is 80.7 Å². The average molecular weight is 551 g/mol. The summed E-state index contributed by atoms with van der Waals surface area (Å²) in [6, 6.07) is 14.7. The maximum atomic E-state index is 14.1. The summed E-state index contributed by atoms with van der Waals surface area (Å²) in [5, 5.41) is 0. The minimum atomic E-state index is -3.91. The summed E-state index contributed by atoms with van der Waals surface area (Å²) in [4.78, 5) is 28.2. The Morgan fingerprint density at radius 1 is 0.949 bits per heavy atom. The van der Waals surface area contributed by atoms with E-state index in [1.54, 1.807) is 55.5 Å². The van der Waals surface area contributed by atoms with Gasteiger partial charge in [-0.2, -0.15) is 4.31 Å². The lowest BCUT2D eigenvalue weighted by Gasteiger charge is -2.47. The summed E-state index contributed by atoms with van der Waals surface area (Å²) in [6.45, 7) is 4.43. The molecule has 39 heavy (non-hydrogen) atoms.